The van der Waals surface area contributed by atoms with Crippen LogP contribution in [0.5, 0.6) is 5.75 Å². The topological polar surface area (TPSA) is 29.5 Å². The standard InChI is InChI=1S/C12H14F3NO2/c1-16(2)5-6-18-11-4-3-9(8-17)7-10(11)12(13,14)15/h3-4,7-8H,5-6H2,1-2H3. The van der Waals surface area contributed by atoms with Crippen molar-refractivity contribution in [2.24, 2.45) is 0 Å². The Balaban J connectivity index is 2.92. The third kappa shape index (κ3) is 4.03. The molecule has 18 heavy (non-hydrogen) atoms. The van der Waals surface area contributed by atoms with E-state index in [0.717, 1.165) is 6.07 Å². The molecule has 0 saturated carbocycles. The van der Waals surface area contributed by atoms with E-state index in [1.807, 2.05) is 0 Å². The second-order valence-corrected chi connectivity index (χ2v) is 4.02. The fourth-order valence-electron chi connectivity index (χ4n) is 1.31. The molecule has 0 spiro atoms. The number of benzene rings is 1. The lowest BCUT2D eigenvalue weighted by atomic mass is 10.1. The number of likely N-dealkylation sites (N-methyl/N-ethyl adjacent to an activating group) is 1. The lowest BCUT2D eigenvalue weighted by Crippen LogP contribution is -2.20. The zero-order valence-corrected chi connectivity index (χ0v) is 10.1. The van der Waals surface area contributed by atoms with Gasteiger partial charge in [-0.2, -0.15) is 13.2 Å². The van der Waals surface area contributed by atoms with Gasteiger partial charge in [-0.05, 0) is 32.3 Å². The maximum atomic E-state index is 12.7. The van der Waals surface area contributed by atoms with E-state index in [2.05, 4.69) is 0 Å². The molecule has 1 aromatic carbocycles. The molecule has 0 radical (unpaired) electrons. The van der Waals surface area contributed by atoms with Crippen LogP contribution in [0, 0.1) is 0 Å². The SMILES string of the molecule is CN(C)CCOc1ccc(C=O)cc1C(F)(F)F. The van der Waals surface area contributed by atoms with Crippen LogP contribution in [0.2, 0.25) is 0 Å². The van der Waals surface area contributed by atoms with Gasteiger partial charge >= 0.3 is 6.18 Å². The first-order chi connectivity index (χ1) is 8.34. The summed E-state index contributed by atoms with van der Waals surface area (Å²) in [4.78, 5) is 12.3. The Hall–Kier alpha value is -1.56. The number of aldehydes is 1. The van der Waals surface area contributed by atoms with Gasteiger partial charge in [-0.15, -0.1) is 0 Å². The van der Waals surface area contributed by atoms with Gasteiger partial charge in [0.25, 0.3) is 0 Å². The first kappa shape index (κ1) is 14.5. The number of halogens is 3. The van der Waals surface area contributed by atoms with Crippen molar-refractivity contribution in [3.8, 4) is 5.75 Å². The molecule has 6 heteroatoms. The fourth-order valence-corrected chi connectivity index (χ4v) is 1.31. The Bertz CT molecular complexity index is 416. The summed E-state index contributed by atoms with van der Waals surface area (Å²) in [6.07, 6.45) is -4.16. The first-order valence-corrected chi connectivity index (χ1v) is 5.28. The van der Waals surface area contributed by atoms with Gasteiger partial charge in [0.15, 0.2) is 0 Å². The van der Waals surface area contributed by atoms with Crippen molar-refractivity contribution < 1.29 is 22.7 Å². The molecule has 0 aromatic heterocycles. The summed E-state index contributed by atoms with van der Waals surface area (Å²) in [5.74, 6) is -0.255. The molecule has 0 saturated heterocycles. The predicted molar refractivity (Wildman–Crippen MR) is 60.9 cm³/mol. The Morgan fingerprint density at radius 1 is 1.33 bits per heavy atom. The number of alkyl halides is 3. The molecule has 0 heterocycles. The van der Waals surface area contributed by atoms with E-state index in [9.17, 15) is 18.0 Å². The lowest BCUT2D eigenvalue weighted by Gasteiger charge is -2.16. The second kappa shape index (κ2) is 5.86. The zero-order valence-electron chi connectivity index (χ0n) is 10.1. The lowest BCUT2D eigenvalue weighted by molar-refractivity contribution is -0.139. The third-order valence-corrected chi connectivity index (χ3v) is 2.24. The largest absolute Gasteiger partial charge is 0.492 e. The van der Waals surface area contributed by atoms with Crippen LogP contribution in [0.4, 0.5) is 13.2 Å². The molecule has 3 nitrogen and oxygen atoms in total. The van der Waals surface area contributed by atoms with E-state index in [4.69, 9.17) is 4.74 Å². The van der Waals surface area contributed by atoms with E-state index >= 15 is 0 Å². The molecule has 0 fully saturated rings. The molecule has 0 bridgehead atoms. The third-order valence-electron chi connectivity index (χ3n) is 2.24. The zero-order chi connectivity index (χ0) is 13.8. The minimum atomic E-state index is -4.54. The average Bonchev–Trinajstić information content (AvgIpc) is 2.27. The fraction of sp³-hybridized carbons (Fsp3) is 0.417. The Morgan fingerprint density at radius 2 is 2.00 bits per heavy atom. The molecule has 0 N–H and O–H groups in total. The number of hydrogen-bond acceptors (Lipinski definition) is 3. The van der Waals surface area contributed by atoms with Gasteiger partial charge in [0.05, 0.1) is 5.56 Å². The van der Waals surface area contributed by atoms with Crippen molar-refractivity contribution in [1.82, 2.24) is 4.90 Å². The summed E-state index contributed by atoms with van der Waals surface area (Å²) in [5.41, 5.74) is -0.951. The molecule has 0 amide bonds. The van der Waals surface area contributed by atoms with Crippen LogP contribution in [-0.2, 0) is 6.18 Å². The maximum absolute atomic E-state index is 12.7. The van der Waals surface area contributed by atoms with Crippen LogP contribution in [0.1, 0.15) is 15.9 Å². The van der Waals surface area contributed by atoms with Crippen molar-refractivity contribution >= 4 is 6.29 Å². The molecule has 0 aliphatic rings. The molecular weight excluding hydrogens is 247 g/mol. The summed E-state index contributed by atoms with van der Waals surface area (Å²) < 4.78 is 43.3. The number of carbonyl (C=O) groups excluding carboxylic acids is 1. The normalized spacial score (nSPS) is 11.7. The molecule has 1 aromatic rings. The minimum Gasteiger partial charge on any atom is -0.492 e. The average molecular weight is 261 g/mol. The van der Waals surface area contributed by atoms with Gasteiger partial charge in [-0.3, -0.25) is 4.79 Å². The van der Waals surface area contributed by atoms with Crippen molar-refractivity contribution in [3.63, 3.8) is 0 Å². The quantitative estimate of drug-likeness (QED) is 0.762. The van der Waals surface area contributed by atoms with Crippen LogP contribution in [0.15, 0.2) is 18.2 Å². The van der Waals surface area contributed by atoms with Crippen LogP contribution >= 0.6 is 0 Å². The van der Waals surface area contributed by atoms with Crippen LogP contribution in [0.25, 0.3) is 0 Å². The Morgan fingerprint density at radius 3 is 2.50 bits per heavy atom. The van der Waals surface area contributed by atoms with Gasteiger partial charge in [-0.1, -0.05) is 0 Å². The molecule has 0 atom stereocenters. The van der Waals surface area contributed by atoms with Crippen molar-refractivity contribution in [1.29, 1.82) is 0 Å². The van der Waals surface area contributed by atoms with E-state index in [1.165, 1.54) is 12.1 Å². The Labute approximate surface area is 103 Å². The highest BCUT2D eigenvalue weighted by Crippen LogP contribution is 2.36. The first-order valence-electron chi connectivity index (χ1n) is 5.28. The second-order valence-electron chi connectivity index (χ2n) is 4.02. The van der Waals surface area contributed by atoms with Gasteiger partial charge in [0.1, 0.15) is 18.6 Å². The van der Waals surface area contributed by atoms with E-state index in [0.29, 0.717) is 12.8 Å². The molecule has 0 aliphatic heterocycles. The summed E-state index contributed by atoms with van der Waals surface area (Å²) >= 11 is 0. The number of rotatable bonds is 5. The van der Waals surface area contributed by atoms with Crippen LogP contribution in [0.3, 0.4) is 0 Å². The number of nitrogens with zero attached hydrogens (tertiary/aromatic N) is 1. The van der Waals surface area contributed by atoms with Crippen LogP contribution < -0.4 is 4.74 Å². The van der Waals surface area contributed by atoms with Gasteiger partial charge in [0, 0.05) is 12.1 Å². The smallest absolute Gasteiger partial charge is 0.419 e. The van der Waals surface area contributed by atoms with Crippen molar-refractivity contribution in [2.75, 3.05) is 27.2 Å². The maximum Gasteiger partial charge on any atom is 0.419 e. The minimum absolute atomic E-state index is 0.0257. The highest BCUT2D eigenvalue weighted by Gasteiger charge is 2.34. The Kier molecular flexibility index (Phi) is 4.72. The highest BCUT2D eigenvalue weighted by atomic mass is 19.4. The van der Waals surface area contributed by atoms with Crippen molar-refractivity contribution in [2.45, 2.75) is 6.18 Å². The van der Waals surface area contributed by atoms with Gasteiger partial charge < -0.3 is 9.64 Å². The highest BCUT2D eigenvalue weighted by molar-refractivity contribution is 5.75. The summed E-state index contributed by atoms with van der Waals surface area (Å²) in [6, 6.07) is 3.26. The summed E-state index contributed by atoms with van der Waals surface area (Å²) in [7, 11) is 3.59. The molecule has 100 valence electrons. The molecular formula is C12H14F3NO2. The van der Waals surface area contributed by atoms with E-state index in [-0.39, 0.29) is 17.9 Å². The van der Waals surface area contributed by atoms with Crippen molar-refractivity contribution in [3.05, 3.63) is 29.3 Å². The molecule has 0 aliphatic carbocycles. The predicted octanol–water partition coefficient (Wildman–Crippen LogP) is 2.46. The van der Waals surface area contributed by atoms with Gasteiger partial charge in [-0.25, -0.2) is 0 Å². The number of ether oxygens (including phenoxy) is 1. The van der Waals surface area contributed by atoms with E-state index in [1.54, 1.807) is 19.0 Å². The number of carbonyl (C=O) groups is 1. The van der Waals surface area contributed by atoms with Crippen LogP contribution in [-0.4, -0.2) is 38.4 Å². The summed E-state index contributed by atoms with van der Waals surface area (Å²) in [6.45, 7) is 0.656. The molecule has 1 rings (SSSR count). The van der Waals surface area contributed by atoms with E-state index < -0.39 is 11.7 Å². The molecule has 0 unspecified atom stereocenters. The monoisotopic (exact) mass is 261 g/mol. The summed E-state index contributed by atoms with van der Waals surface area (Å²) in [5, 5.41) is 0. The number of hydrogen-bond donors (Lipinski definition) is 0. The van der Waals surface area contributed by atoms with Gasteiger partial charge in [0.2, 0.25) is 0 Å².